The van der Waals surface area contributed by atoms with Crippen LogP contribution >= 0.6 is 11.6 Å². The summed E-state index contributed by atoms with van der Waals surface area (Å²) in [5.74, 6) is -1.60. The number of nitriles is 1. The Hall–Kier alpha value is -3.82. The molecule has 0 bridgehead atoms. The van der Waals surface area contributed by atoms with E-state index in [2.05, 4.69) is 5.32 Å². The minimum Gasteiger partial charge on any atom is -0.478 e. The van der Waals surface area contributed by atoms with Gasteiger partial charge in [-0.05, 0) is 61.0 Å². The molecule has 0 spiro atoms. The van der Waals surface area contributed by atoms with Crippen LogP contribution in [0.1, 0.15) is 21.6 Å². The van der Waals surface area contributed by atoms with Crippen LogP contribution in [0.2, 0.25) is 5.02 Å². The minimum atomic E-state index is -1.04. The number of hydrogen-bond donors (Lipinski definition) is 2. The van der Waals surface area contributed by atoms with Crippen molar-refractivity contribution >= 4 is 35.2 Å². The molecule has 0 atom stereocenters. The highest BCUT2D eigenvalue weighted by Crippen LogP contribution is 2.24. The van der Waals surface area contributed by atoms with Crippen molar-refractivity contribution in [2.75, 3.05) is 5.32 Å². The summed E-state index contributed by atoms with van der Waals surface area (Å²) in [5.41, 5.74) is 2.42. The molecule has 0 aliphatic rings. The van der Waals surface area contributed by atoms with Crippen LogP contribution < -0.4 is 5.32 Å². The van der Waals surface area contributed by atoms with Gasteiger partial charge in [0.2, 0.25) is 0 Å². The maximum absolute atomic E-state index is 12.6. The summed E-state index contributed by atoms with van der Waals surface area (Å²) in [6.45, 7) is 1.77. The summed E-state index contributed by atoms with van der Waals surface area (Å²) in [6.07, 6.45) is 3.17. The van der Waals surface area contributed by atoms with Gasteiger partial charge in [-0.3, -0.25) is 4.79 Å². The number of nitrogens with one attached hydrogen (secondary N) is 1. The first-order valence-electron chi connectivity index (χ1n) is 8.60. The van der Waals surface area contributed by atoms with Crippen LogP contribution in [0.5, 0.6) is 0 Å². The van der Waals surface area contributed by atoms with E-state index in [0.29, 0.717) is 27.7 Å². The lowest BCUT2D eigenvalue weighted by molar-refractivity contribution is -0.112. The molecule has 1 heterocycles. The van der Waals surface area contributed by atoms with Gasteiger partial charge in [0, 0.05) is 28.3 Å². The van der Waals surface area contributed by atoms with E-state index in [1.807, 2.05) is 6.07 Å². The van der Waals surface area contributed by atoms with E-state index in [1.165, 1.54) is 18.2 Å². The zero-order valence-corrected chi connectivity index (χ0v) is 16.1. The maximum Gasteiger partial charge on any atom is 0.335 e. The standard InChI is InChI=1S/C22H16ClN3O3/c1-14-19(23)8-3-9-20(14)25-21(27)16(13-24)12-18-7-4-10-26(18)17-6-2-5-15(11-17)22(28)29/h2-12H,1H3,(H,25,27)(H,28,29). The molecule has 0 fully saturated rings. The van der Waals surface area contributed by atoms with Crippen LogP contribution in [0.25, 0.3) is 11.8 Å². The van der Waals surface area contributed by atoms with Crippen LogP contribution in [0, 0.1) is 18.3 Å². The average molecular weight is 406 g/mol. The number of carboxylic acids is 1. The number of halogens is 1. The third kappa shape index (κ3) is 4.37. The van der Waals surface area contributed by atoms with Gasteiger partial charge in [-0.25, -0.2) is 4.79 Å². The lowest BCUT2D eigenvalue weighted by atomic mass is 10.1. The first-order valence-corrected chi connectivity index (χ1v) is 8.98. The first kappa shape index (κ1) is 19.9. The van der Waals surface area contributed by atoms with Crippen molar-refractivity contribution < 1.29 is 14.7 Å². The Labute approximate surface area is 172 Å². The fourth-order valence-corrected chi connectivity index (χ4v) is 2.94. The van der Waals surface area contributed by atoms with E-state index in [-0.39, 0.29) is 11.1 Å². The number of rotatable bonds is 5. The Kier molecular flexibility index (Phi) is 5.82. The molecule has 0 radical (unpaired) electrons. The Morgan fingerprint density at radius 3 is 2.66 bits per heavy atom. The van der Waals surface area contributed by atoms with Crippen molar-refractivity contribution in [3.63, 3.8) is 0 Å². The maximum atomic E-state index is 12.6. The van der Waals surface area contributed by atoms with E-state index < -0.39 is 11.9 Å². The SMILES string of the molecule is Cc1c(Cl)cccc1NC(=O)C(C#N)=Cc1cccn1-c1cccc(C(=O)O)c1. The van der Waals surface area contributed by atoms with Gasteiger partial charge in [0.05, 0.1) is 5.56 Å². The van der Waals surface area contributed by atoms with Crippen LogP contribution in [0.4, 0.5) is 5.69 Å². The molecule has 1 aromatic heterocycles. The van der Waals surface area contributed by atoms with Crippen molar-refractivity contribution in [3.05, 3.63) is 88.2 Å². The number of carbonyl (C=O) groups is 2. The normalized spacial score (nSPS) is 11.0. The van der Waals surface area contributed by atoms with Crippen molar-refractivity contribution in [1.29, 1.82) is 5.26 Å². The molecule has 0 unspecified atom stereocenters. The highest BCUT2D eigenvalue weighted by molar-refractivity contribution is 6.31. The third-order valence-electron chi connectivity index (χ3n) is 4.32. The lowest BCUT2D eigenvalue weighted by Crippen LogP contribution is -2.14. The molecular formula is C22H16ClN3O3. The number of aromatic carboxylic acids is 1. The quantitative estimate of drug-likeness (QED) is 0.475. The van der Waals surface area contributed by atoms with Crippen molar-refractivity contribution in [3.8, 4) is 11.8 Å². The zero-order valence-electron chi connectivity index (χ0n) is 15.4. The van der Waals surface area contributed by atoms with Gasteiger partial charge in [0.1, 0.15) is 11.6 Å². The Morgan fingerprint density at radius 1 is 1.17 bits per heavy atom. The van der Waals surface area contributed by atoms with Crippen LogP contribution in [-0.4, -0.2) is 21.6 Å². The molecule has 1 amide bonds. The highest BCUT2D eigenvalue weighted by Gasteiger charge is 2.13. The molecule has 0 saturated carbocycles. The Balaban J connectivity index is 1.93. The number of aromatic nitrogens is 1. The van der Waals surface area contributed by atoms with Crippen molar-refractivity contribution in [2.24, 2.45) is 0 Å². The van der Waals surface area contributed by atoms with E-state index in [9.17, 15) is 20.0 Å². The lowest BCUT2D eigenvalue weighted by Gasteiger charge is -2.10. The molecule has 0 aliphatic carbocycles. The van der Waals surface area contributed by atoms with Gasteiger partial charge >= 0.3 is 5.97 Å². The summed E-state index contributed by atoms with van der Waals surface area (Å²) in [7, 11) is 0. The van der Waals surface area contributed by atoms with Crippen LogP contribution in [0.15, 0.2) is 66.4 Å². The zero-order chi connectivity index (χ0) is 21.0. The van der Waals surface area contributed by atoms with Crippen LogP contribution in [-0.2, 0) is 4.79 Å². The Bertz CT molecular complexity index is 1170. The van der Waals surface area contributed by atoms with E-state index in [1.54, 1.807) is 60.2 Å². The molecule has 2 aromatic carbocycles. The van der Waals surface area contributed by atoms with E-state index in [0.717, 1.165) is 0 Å². The second-order valence-electron chi connectivity index (χ2n) is 6.19. The molecule has 144 valence electrons. The summed E-state index contributed by atoms with van der Waals surface area (Å²) in [6, 6.07) is 16.9. The highest BCUT2D eigenvalue weighted by atomic mass is 35.5. The number of benzene rings is 2. The first-order chi connectivity index (χ1) is 13.9. The predicted molar refractivity (Wildman–Crippen MR) is 111 cm³/mol. The number of anilines is 1. The van der Waals surface area contributed by atoms with E-state index in [4.69, 9.17) is 11.6 Å². The van der Waals surface area contributed by atoms with Crippen molar-refractivity contribution in [1.82, 2.24) is 4.57 Å². The average Bonchev–Trinajstić information content (AvgIpc) is 3.18. The monoisotopic (exact) mass is 405 g/mol. The number of carboxylic acid groups (broad SMARTS) is 1. The van der Waals surface area contributed by atoms with Crippen LogP contribution in [0.3, 0.4) is 0 Å². The van der Waals surface area contributed by atoms with Gasteiger partial charge in [0.25, 0.3) is 5.91 Å². The predicted octanol–water partition coefficient (Wildman–Crippen LogP) is 4.68. The molecule has 0 aliphatic heterocycles. The summed E-state index contributed by atoms with van der Waals surface area (Å²) in [4.78, 5) is 23.8. The number of carbonyl (C=O) groups excluding carboxylic acids is 1. The van der Waals surface area contributed by atoms with Gasteiger partial charge in [-0.2, -0.15) is 5.26 Å². The largest absolute Gasteiger partial charge is 0.478 e. The molecule has 2 N–H and O–H groups in total. The molecule has 0 saturated heterocycles. The number of nitrogens with zero attached hydrogens (tertiary/aromatic N) is 2. The van der Waals surface area contributed by atoms with Crippen molar-refractivity contribution in [2.45, 2.75) is 6.92 Å². The topological polar surface area (TPSA) is 95.1 Å². The minimum absolute atomic E-state index is 0.0984. The van der Waals surface area contributed by atoms with Gasteiger partial charge in [0.15, 0.2) is 0 Å². The molecule has 3 aromatic rings. The number of amides is 1. The second-order valence-corrected chi connectivity index (χ2v) is 6.60. The molecule has 3 rings (SSSR count). The smallest absolute Gasteiger partial charge is 0.335 e. The number of hydrogen-bond acceptors (Lipinski definition) is 3. The summed E-state index contributed by atoms with van der Waals surface area (Å²) < 4.78 is 1.70. The fourth-order valence-electron chi connectivity index (χ4n) is 2.76. The Morgan fingerprint density at radius 2 is 1.93 bits per heavy atom. The van der Waals surface area contributed by atoms with E-state index >= 15 is 0 Å². The molecular weight excluding hydrogens is 390 g/mol. The molecule has 6 nitrogen and oxygen atoms in total. The molecule has 29 heavy (non-hydrogen) atoms. The van der Waals surface area contributed by atoms with Gasteiger partial charge in [-0.1, -0.05) is 23.7 Å². The summed E-state index contributed by atoms with van der Waals surface area (Å²) in [5, 5.41) is 21.9. The van der Waals surface area contributed by atoms with Gasteiger partial charge in [-0.15, -0.1) is 0 Å². The second kappa shape index (κ2) is 8.46. The molecule has 7 heteroatoms. The van der Waals surface area contributed by atoms with Gasteiger partial charge < -0.3 is 15.0 Å². The fraction of sp³-hybridized carbons (Fsp3) is 0.0455. The summed E-state index contributed by atoms with van der Waals surface area (Å²) >= 11 is 6.07. The third-order valence-corrected chi connectivity index (χ3v) is 4.73.